The molecule has 0 aromatic carbocycles. The quantitative estimate of drug-likeness (QED) is 0.704. The first-order chi connectivity index (χ1) is 8.20. The molecule has 3 rings (SSSR count). The molecule has 0 saturated carbocycles. The van der Waals surface area contributed by atoms with Crippen LogP contribution in [0.25, 0.3) is 0 Å². The van der Waals surface area contributed by atoms with E-state index in [1.54, 1.807) is 0 Å². The van der Waals surface area contributed by atoms with E-state index >= 15 is 0 Å². The third-order valence-electron chi connectivity index (χ3n) is 5.10. The topological polar surface area (TPSA) is 9.72 Å². The van der Waals surface area contributed by atoms with Crippen LogP contribution in [-0.4, -0.2) is 74.6 Å². The summed E-state index contributed by atoms with van der Waals surface area (Å²) in [6.45, 7) is 9.44. The van der Waals surface area contributed by atoms with E-state index in [0.717, 1.165) is 17.8 Å². The molecule has 0 spiro atoms. The lowest BCUT2D eigenvalue weighted by Gasteiger charge is -2.32. The number of rotatable bonds is 2. The number of piperidine rings is 1. The van der Waals surface area contributed by atoms with Gasteiger partial charge in [0.25, 0.3) is 0 Å². The molecule has 0 aromatic heterocycles. The summed E-state index contributed by atoms with van der Waals surface area (Å²) in [5.74, 6) is 2.93. The summed E-state index contributed by atoms with van der Waals surface area (Å²) >= 11 is 0. The van der Waals surface area contributed by atoms with Crippen molar-refractivity contribution < 1.29 is 0 Å². The predicted molar refractivity (Wildman–Crippen MR) is 71.1 cm³/mol. The van der Waals surface area contributed by atoms with Gasteiger partial charge in [-0.25, -0.2) is 0 Å². The van der Waals surface area contributed by atoms with E-state index in [1.165, 1.54) is 58.7 Å². The van der Waals surface area contributed by atoms with Crippen molar-refractivity contribution in [3.63, 3.8) is 0 Å². The molecule has 3 saturated heterocycles. The Labute approximate surface area is 106 Å². The summed E-state index contributed by atoms with van der Waals surface area (Å²) in [7, 11) is 4.53. The zero-order chi connectivity index (χ0) is 11.8. The van der Waals surface area contributed by atoms with Crippen molar-refractivity contribution in [2.75, 3.05) is 59.9 Å². The van der Waals surface area contributed by atoms with Crippen LogP contribution in [0.15, 0.2) is 0 Å². The van der Waals surface area contributed by atoms with Crippen molar-refractivity contribution in [2.45, 2.75) is 12.8 Å². The molecule has 3 heteroatoms. The molecule has 0 bridgehead atoms. The summed E-state index contributed by atoms with van der Waals surface area (Å²) in [6, 6.07) is 0. The number of fused-ring (bicyclic) bond motifs is 1. The van der Waals surface area contributed by atoms with E-state index in [4.69, 9.17) is 0 Å². The third kappa shape index (κ3) is 2.67. The molecule has 3 fully saturated rings. The van der Waals surface area contributed by atoms with Crippen molar-refractivity contribution in [1.29, 1.82) is 0 Å². The predicted octanol–water partition coefficient (Wildman–Crippen LogP) is 0.822. The van der Waals surface area contributed by atoms with Crippen LogP contribution in [0.3, 0.4) is 0 Å². The second kappa shape index (κ2) is 4.87. The molecule has 0 aliphatic carbocycles. The van der Waals surface area contributed by atoms with Gasteiger partial charge >= 0.3 is 0 Å². The molecule has 2 unspecified atom stereocenters. The van der Waals surface area contributed by atoms with Crippen molar-refractivity contribution in [1.82, 2.24) is 14.7 Å². The van der Waals surface area contributed by atoms with Gasteiger partial charge in [-0.2, -0.15) is 0 Å². The zero-order valence-corrected chi connectivity index (χ0v) is 11.4. The van der Waals surface area contributed by atoms with E-state index in [9.17, 15) is 0 Å². The molecule has 0 N–H and O–H groups in total. The molecule has 0 radical (unpaired) electrons. The second-order valence-corrected chi connectivity index (χ2v) is 6.71. The van der Waals surface area contributed by atoms with Gasteiger partial charge in [0, 0.05) is 32.7 Å². The molecule has 3 aliphatic heterocycles. The van der Waals surface area contributed by atoms with Gasteiger partial charge < -0.3 is 14.7 Å². The number of hydrogen-bond acceptors (Lipinski definition) is 3. The van der Waals surface area contributed by atoms with Crippen LogP contribution in [0.4, 0.5) is 0 Å². The summed E-state index contributed by atoms with van der Waals surface area (Å²) in [6.07, 6.45) is 2.84. The summed E-state index contributed by atoms with van der Waals surface area (Å²) < 4.78 is 0. The average molecular weight is 237 g/mol. The van der Waals surface area contributed by atoms with Crippen LogP contribution in [0.5, 0.6) is 0 Å². The molecule has 2 atom stereocenters. The standard InChI is InChI=1S/C14H27N3/c1-15-5-3-12(4-6-15)7-17-10-13-8-16(2)9-14(13)11-17/h12-14H,3-11H2,1-2H3. The van der Waals surface area contributed by atoms with Gasteiger partial charge in [-0.1, -0.05) is 0 Å². The van der Waals surface area contributed by atoms with Gasteiger partial charge in [-0.05, 0) is 57.8 Å². The Balaban J connectivity index is 1.45. The van der Waals surface area contributed by atoms with E-state index in [2.05, 4.69) is 28.8 Å². The van der Waals surface area contributed by atoms with Gasteiger partial charge in [0.15, 0.2) is 0 Å². The Morgan fingerprint density at radius 3 is 2.00 bits per heavy atom. The molecule has 0 aromatic rings. The number of hydrogen-bond donors (Lipinski definition) is 0. The molecule has 3 nitrogen and oxygen atoms in total. The van der Waals surface area contributed by atoms with Gasteiger partial charge in [-0.15, -0.1) is 0 Å². The fraction of sp³-hybridized carbons (Fsp3) is 1.00. The molecule has 3 aliphatic rings. The minimum Gasteiger partial charge on any atom is -0.306 e. The third-order valence-corrected chi connectivity index (χ3v) is 5.10. The highest BCUT2D eigenvalue weighted by molar-refractivity contribution is 4.92. The fourth-order valence-corrected chi connectivity index (χ4v) is 4.08. The number of nitrogens with zero attached hydrogens (tertiary/aromatic N) is 3. The first-order valence-corrected chi connectivity index (χ1v) is 7.30. The largest absolute Gasteiger partial charge is 0.306 e. The Bertz CT molecular complexity index is 246. The van der Waals surface area contributed by atoms with Crippen LogP contribution >= 0.6 is 0 Å². The highest BCUT2D eigenvalue weighted by Crippen LogP contribution is 2.31. The van der Waals surface area contributed by atoms with E-state index in [-0.39, 0.29) is 0 Å². The van der Waals surface area contributed by atoms with Crippen LogP contribution in [0.1, 0.15) is 12.8 Å². The van der Waals surface area contributed by atoms with E-state index in [1.807, 2.05) is 0 Å². The van der Waals surface area contributed by atoms with Gasteiger partial charge in [0.1, 0.15) is 0 Å². The second-order valence-electron chi connectivity index (χ2n) is 6.71. The molecule has 98 valence electrons. The maximum absolute atomic E-state index is 2.76. The highest BCUT2D eigenvalue weighted by Gasteiger charge is 2.39. The average Bonchev–Trinajstić information content (AvgIpc) is 2.78. The Kier molecular flexibility index (Phi) is 3.42. The zero-order valence-electron chi connectivity index (χ0n) is 11.4. The minimum atomic E-state index is 0.975. The van der Waals surface area contributed by atoms with Gasteiger partial charge in [-0.3, -0.25) is 0 Å². The van der Waals surface area contributed by atoms with Crippen LogP contribution in [0.2, 0.25) is 0 Å². The lowest BCUT2D eigenvalue weighted by atomic mass is 9.96. The molecule has 0 amide bonds. The molecular formula is C14H27N3. The number of likely N-dealkylation sites (tertiary alicyclic amines) is 3. The van der Waals surface area contributed by atoms with Crippen molar-refractivity contribution in [3.05, 3.63) is 0 Å². The Morgan fingerprint density at radius 1 is 0.824 bits per heavy atom. The van der Waals surface area contributed by atoms with Gasteiger partial charge in [0.05, 0.1) is 0 Å². The smallest absolute Gasteiger partial charge is 0.00258 e. The lowest BCUT2D eigenvalue weighted by Crippen LogP contribution is -2.37. The first kappa shape index (κ1) is 11.9. The Hall–Kier alpha value is -0.120. The van der Waals surface area contributed by atoms with Crippen LogP contribution in [0, 0.1) is 17.8 Å². The maximum atomic E-state index is 2.76. The molecule has 3 heterocycles. The summed E-state index contributed by atoms with van der Waals surface area (Å²) in [4.78, 5) is 7.75. The maximum Gasteiger partial charge on any atom is 0.00258 e. The van der Waals surface area contributed by atoms with E-state index in [0.29, 0.717) is 0 Å². The van der Waals surface area contributed by atoms with Crippen LogP contribution in [-0.2, 0) is 0 Å². The summed E-state index contributed by atoms with van der Waals surface area (Å²) in [5.41, 5.74) is 0. The van der Waals surface area contributed by atoms with Gasteiger partial charge in [0.2, 0.25) is 0 Å². The van der Waals surface area contributed by atoms with E-state index < -0.39 is 0 Å². The lowest BCUT2D eigenvalue weighted by molar-refractivity contribution is 0.167. The molecular weight excluding hydrogens is 210 g/mol. The van der Waals surface area contributed by atoms with Crippen molar-refractivity contribution in [3.8, 4) is 0 Å². The van der Waals surface area contributed by atoms with Crippen LogP contribution < -0.4 is 0 Å². The summed E-state index contributed by atoms with van der Waals surface area (Å²) in [5, 5.41) is 0. The Morgan fingerprint density at radius 2 is 1.41 bits per heavy atom. The SMILES string of the molecule is CN1CCC(CN2CC3CN(C)CC3C2)CC1. The van der Waals surface area contributed by atoms with Crippen molar-refractivity contribution >= 4 is 0 Å². The first-order valence-electron chi connectivity index (χ1n) is 7.30. The fourth-order valence-electron chi connectivity index (χ4n) is 4.08. The molecule has 17 heavy (non-hydrogen) atoms. The monoisotopic (exact) mass is 237 g/mol. The highest BCUT2D eigenvalue weighted by atomic mass is 15.2. The normalized spacial score (nSPS) is 37.8. The minimum absolute atomic E-state index is 0.975. The van der Waals surface area contributed by atoms with Crippen molar-refractivity contribution in [2.24, 2.45) is 17.8 Å².